The molecule has 0 unspecified atom stereocenters. The molecule has 3 nitrogen and oxygen atoms in total. The minimum atomic E-state index is 0. The highest BCUT2D eigenvalue weighted by Crippen LogP contribution is 2.56. The summed E-state index contributed by atoms with van der Waals surface area (Å²) in [7, 11) is 1.98. The Kier molecular flexibility index (Phi) is 4.94. The fraction of sp³-hybridized carbons (Fsp3) is 0.941. The molecule has 4 aliphatic rings. The average Bonchev–Trinajstić information content (AvgIpc) is 2.36. The van der Waals surface area contributed by atoms with Crippen molar-refractivity contribution in [3.05, 3.63) is 0 Å². The van der Waals surface area contributed by atoms with Gasteiger partial charge in [0.05, 0.1) is 0 Å². The molecule has 21 heavy (non-hydrogen) atoms. The number of carbonyl (C=O) groups is 1. The van der Waals surface area contributed by atoms with Gasteiger partial charge in [0, 0.05) is 19.5 Å². The zero-order valence-electron chi connectivity index (χ0n) is 13.7. The van der Waals surface area contributed by atoms with E-state index in [0.29, 0.717) is 30.2 Å². The quantitative estimate of drug-likeness (QED) is 0.867. The summed E-state index contributed by atoms with van der Waals surface area (Å²) in [5.74, 6) is 3.96. The molecular weight excluding hydrogens is 284 g/mol. The second-order valence-electron chi connectivity index (χ2n) is 8.52. The van der Waals surface area contributed by atoms with Gasteiger partial charge in [-0.1, -0.05) is 13.8 Å². The van der Waals surface area contributed by atoms with Gasteiger partial charge in [0.1, 0.15) is 0 Å². The molecule has 0 radical (unpaired) electrons. The fourth-order valence-electron chi connectivity index (χ4n) is 5.37. The average molecular weight is 315 g/mol. The molecule has 0 aromatic heterocycles. The first-order valence-electron chi connectivity index (χ1n) is 8.34. The van der Waals surface area contributed by atoms with Crippen LogP contribution < -0.4 is 5.73 Å². The SMILES string of the molecule is CN(CC(C)(C)CN)C(=O)C1C2CC3CC(C2)CC1C3.Cl. The molecule has 4 saturated carbocycles. The first-order valence-corrected chi connectivity index (χ1v) is 8.34. The van der Waals surface area contributed by atoms with Crippen LogP contribution in [0.15, 0.2) is 0 Å². The molecule has 4 rings (SSSR count). The summed E-state index contributed by atoms with van der Waals surface area (Å²) in [6, 6.07) is 0. The van der Waals surface area contributed by atoms with Crippen molar-refractivity contribution in [2.24, 2.45) is 40.7 Å². The largest absolute Gasteiger partial charge is 0.345 e. The lowest BCUT2D eigenvalue weighted by Crippen LogP contribution is -2.52. The van der Waals surface area contributed by atoms with Crippen LogP contribution in [0.5, 0.6) is 0 Å². The van der Waals surface area contributed by atoms with Gasteiger partial charge in [-0.15, -0.1) is 12.4 Å². The van der Waals surface area contributed by atoms with Gasteiger partial charge in [0.2, 0.25) is 5.91 Å². The van der Waals surface area contributed by atoms with E-state index in [9.17, 15) is 4.79 Å². The van der Waals surface area contributed by atoms with Crippen LogP contribution in [0.25, 0.3) is 0 Å². The van der Waals surface area contributed by atoms with Crippen molar-refractivity contribution < 1.29 is 4.79 Å². The highest BCUT2D eigenvalue weighted by molar-refractivity contribution is 5.85. The predicted octanol–water partition coefficient (Wildman–Crippen LogP) is 2.92. The first kappa shape index (κ1) is 17.1. The van der Waals surface area contributed by atoms with Gasteiger partial charge >= 0.3 is 0 Å². The van der Waals surface area contributed by atoms with Gasteiger partial charge in [0.15, 0.2) is 0 Å². The van der Waals surface area contributed by atoms with Crippen molar-refractivity contribution in [3.63, 3.8) is 0 Å². The van der Waals surface area contributed by atoms with Crippen LogP contribution in [0.2, 0.25) is 0 Å². The molecule has 4 aliphatic carbocycles. The van der Waals surface area contributed by atoms with Crippen LogP contribution >= 0.6 is 12.4 Å². The zero-order valence-corrected chi connectivity index (χ0v) is 14.5. The third-order valence-electron chi connectivity index (χ3n) is 6.11. The van der Waals surface area contributed by atoms with E-state index in [0.717, 1.165) is 18.4 Å². The normalized spacial score (nSPS) is 37.2. The lowest BCUT2D eigenvalue weighted by molar-refractivity contribution is -0.148. The van der Waals surface area contributed by atoms with Gasteiger partial charge in [-0.05, 0) is 67.7 Å². The molecular formula is C17H31ClN2O. The van der Waals surface area contributed by atoms with Gasteiger partial charge < -0.3 is 10.6 Å². The second kappa shape index (κ2) is 6.08. The van der Waals surface area contributed by atoms with Gasteiger partial charge in [0.25, 0.3) is 0 Å². The smallest absolute Gasteiger partial charge is 0.226 e. The minimum Gasteiger partial charge on any atom is -0.345 e. The van der Waals surface area contributed by atoms with E-state index in [1.54, 1.807) is 0 Å². The van der Waals surface area contributed by atoms with Crippen molar-refractivity contribution in [1.29, 1.82) is 0 Å². The third kappa shape index (κ3) is 3.24. The molecule has 0 saturated heterocycles. The molecule has 4 bridgehead atoms. The van der Waals surface area contributed by atoms with E-state index in [1.807, 2.05) is 11.9 Å². The highest BCUT2D eigenvalue weighted by atomic mass is 35.5. The maximum atomic E-state index is 12.9. The fourth-order valence-corrected chi connectivity index (χ4v) is 5.37. The molecule has 2 N–H and O–H groups in total. The van der Waals surface area contributed by atoms with Gasteiger partial charge in [-0.2, -0.15) is 0 Å². The van der Waals surface area contributed by atoms with Crippen LogP contribution in [0.3, 0.4) is 0 Å². The summed E-state index contributed by atoms with van der Waals surface area (Å²) < 4.78 is 0. The first-order chi connectivity index (χ1) is 9.39. The Labute approximate surface area is 135 Å². The number of amides is 1. The Morgan fingerprint density at radius 2 is 1.57 bits per heavy atom. The van der Waals surface area contributed by atoms with Crippen LogP contribution in [0.4, 0.5) is 0 Å². The maximum absolute atomic E-state index is 12.9. The Bertz CT molecular complexity index is 368. The molecule has 122 valence electrons. The third-order valence-corrected chi connectivity index (χ3v) is 6.11. The van der Waals surface area contributed by atoms with Crippen molar-refractivity contribution >= 4 is 18.3 Å². The molecule has 4 heteroatoms. The number of nitrogens with two attached hydrogens (primary N) is 1. The lowest BCUT2D eigenvalue weighted by atomic mass is 9.51. The summed E-state index contributed by atoms with van der Waals surface area (Å²) in [5, 5.41) is 0. The molecule has 0 aliphatic heterocycles. The lowest BCUT2D eigenvalue weighted by Gasteiger charge is -2.54. The molecule has 0 spiro atoms. The monoisotopic (exact) mass is 314 g/mol. The minimum absolute atomic E-state index is 0. The van der Waals surface area contributed by atoms with Gasteiger partial charge in [-0.25, -0.2) is 0 Å². The zero-order chi connectivity index (χ0) is 14.5. The number of halogens is 1. The van der Waals surface area contributed by atoms with E-state index in [-0.39, 0.29) is 17.8 Å². The van der Waals surface area contributed by atoms with E-state index in [2.05, 4.69) is 13.8 Å². The number of rotatable bonds is 4. The van der Waals surface area contributed by atoms with Crippen molar-refractivity contribution in [3.8, 4) is 0 Å². The Balaban J connectivity index is 0.00000161. The number of hydrogen-bond acceptors (Lipinski definition) is 2. The number of carbonyl (C=O) groups excluding carboxylic acids is 1. The Morgan fingerprint density at radius 3 is 2.00 bits per heavy atom. The summed E-state index contributed by atoms with van der Waals surface area (Å²) in [6.45, 7) is 5.71. The van der Waals surface area contributed by atoms with Gasteiger partial charge in [-0.3, -0.25) is 4.79 Å². The molecule has 1 amide bonds. The number of hydrogen-bond donors (Lipinski definition) is 1. The van der Waals surface area contributed by atoms with Crippen LogP contribution in [-0.2, 0) is 4.79 Å². The van der Waals surface area contributed by atoms with E-state index >= 15 is 0 Å². The van der Waals surface area contributed by atoms with Crippen LogP contribution in [0.1, 0.15) is 46.0 Å². The summed E-state index contributed by atoms with van der Waals surface area (Å²) >= 11 is 0. The number of nitrogens with zero attached hydrogens (tertiary/aromatic N) is 1. The maximum Gasteiger partial charge on any atom is 0.226 e. The topological polar surface area (TPSA) is 46.3 Å². The van der Waals surface area contributed by atoms with Crippen molar-refractivity contribution in [2.75, 3.05) is 20.1 Å². The van der Waals surface area contributed by atoms with E-state index < -0.39 is 0 Å². The van der Waals surface area contributed by atoms with Crippen LogP contribution in [0, 0.1) is 35.0 Å². The molecule has 0 aromatic rings. The summed E-state index contributed by atoms with van der Waals surface area (Å²) in [4.78, 5) is 14.9. The van der Waals surface area contributed by atoms with E-state index in [4.69, 9.17) is 5.73 Å². The molecule has 0 atom stereocenters. The molecule has 0 heterocycles. The predicted molar refractivity (Wildman–Crippen MR) is 88.3 cm³/mol. The Morgan fingerprint density at radius 1 is 1.10 bits per heavy atom. The highest BCUT2D eigenvalue weighted by Gasteiger charge is 2.51. The summed E-state index contributed by atoms with van der Waals surface area (Å²) in [6.07, 6.45) is 6.72. The van der Waals surface area contributed by atoms with Crippen molar-refractivity contribution in [1.82, 2.24) is 4.90 Å². The molecule has 0 aromatic carbocycles. The molecule has 4 fully saturated rings. The Hall–Kier alpha value is -0.280. The standard InChI is InChI=1S/C17H30N2O.ClH/c1-17(2,9-18)10-19(3)16(20)15-13-5-11-4-12(7-13)8-14(15)6-11;/h11-15H,4-10,18H2,1-3H3;1H. The second-order valence-corrected chi connectivity index (χ2v) is 8.52. The van der Waals surface area contributed by atoms with Crippen molar-refractivity contribution in [2.45, 2.75) is 46.0 Å². The summed E-state index contributed by atoms with van der Waals surface area (Å²) in [5.41, 5.74) is 5.84. The van der Waals surface area contributed by atoms with E-state index in [1.165, 1.54) is 32.1 Å². The van der Waals surface area contributed by atoms with Crippen LogP contribution in [-0.4, -0.2) is 30.9 Å².